The lowest BCUT2D eigenvalue weighted by atomic mass is 10.1. The summed E-state index contributed by atoms with van der Waals surface area (Å²) in [7, 11) is -0.924. The third-order valence-electron chi connectivity index (χ3n) is 5.20. The fourth-order valence-corrected chi connectivity index (χ4v) is 4.77. The number of nitrogens with zero attached hydrogens (tertiary/aromatic N) is 2. The molecule has 0 radical (unpaired) electrons. The van der Waals surface area contributed by atoms with Crippen molar-refractivity contribution < 1.29 is 35.9 Å². The van der Waals surface area contributed by atoms with Gasteiger partial charge < -0.3 is 14.4 Å². The van der Waals surface area contributed by atoms with E-state index in [0.29, 0.717) is 17.1 Å². The van der Waals surface area contributed by atoms with E-state index in [0.717, 1.165) is 12.1 Å². The number of sulfonamides is 1. The van der Waals surface area contributed by atoms with Crippen molar-refractivity contribution in [1.82, 2.24) is 9.21 Å². The molecule has 7 nitrogen and oxygen atoms in total. The van der Waals surface area contributed by atoms with Gasteiger partial charge in [-0.05, 0) is 35.9 Å². The Kier molecular flexibility index (Phi) is 7.33. The van der Waals surface area contributed by atoms with Crippen LogP contribution in [0.25, 0.3) is 6.08 Å². The maximum absolute atomic E-state index is 13.0. The minimum absolute atomic E-state index is 0.0575. The zero-order valence-corrected chi connectivity index (χ0v) is 18.8. The molecule has 1 aliphatic heterocycles. The first-order chi connectivity index (χ1) is 15.6. The minimum atomic E-state index is -4.42. The van der Waals surface area contributed by atoms with E-state index in [1.807, 2.05) is 0 Å². The van der Waals surface area contributed by atoms with Gasteiger partial charge in [0.2, 0.25) is 15.9 Å². The van der Waals surface area contributed by atoms with Crippen LogP contribution in [0.4, 0.5) is 13.2 Å². The first-order valence-electron chi connectivity index (χ1n) is 9.92. The number of carbonyl (C=O) groups excluding carboxylic acids is 1. The van der Waals surface area contributed by atoms with Gasteiger partial charge in [-0.1, -0.05) is 12.1 Å². The number of ether oxygens (including phenoxy) is 2. The monoisotopic (exact) mass is 484 g/mol. The maximum Gasteiger partial charge on any atom is 0.416 e. The SMILES string of the molecule is COc1ccc(S(=O)(=O)N2CCN(C(=O)/C=C/c3ccc(C(F)(F)F)cc3)CC2)cc1OC. The molecule has 1 heterocycles. The van der Waals surface area contributed by atoms with Crippen molar-refractivity contribution in [2.75, 3.05) is 40.4 Å². The Morgan fingerprint density at radius 3 is 2.09 bits per heavy atom. The Morgan fingerprint density at radius 1 is 0.939 bits per heavy atom. The molecule has 0 bridgehead atoms. The molecule has 11 heteroatoms. The highest BCUT2D eigenvalue weighted by atomic mass is 32.2. The van der Waals surface area contributed by atoms with Crippen molar-refractivity contribution in [3.8, 4) is 11.5 Å². The number of carbonyl (C=O) groups is 1. The van der Waals surface area contributed by atoms with Crippen LogP contribution in [0.2, 0.25) is 0 Å². The van der Waals surface area contributed by atoms with Gasteiger partial charge in [0.1, 0.15) is 0 Å². The van der Waals surface area contributed by atoms with E-state index in [-0.39, 0.29) is 37.0 Å². The van der Waals surface area contributed by atoms with Crippen molar-refractivity contribution in [2.24, 2.45) is 0 Å². The van der Waals surface area contributed by atoms with E-state index < -0.39 is 21.8 Å². The van der Waals surface area contributed by atoms with Crippen LogP contribution < -0.4 is 9.47 Å². The van der Waals surface area contributed by atoms with Crippen LogP contribution in [0.15, 0.2) is 53.4 Å². The summed E-state index contributed by atoms with van der Waals surface area (Å²) in [5, 5.41) is 0. The highest BCUT2D eigenvalue weighted by Crippen LogP contribution is 2.31. The van der Waals surface area contributed by atoms with Gasteiger partial charge in [-0.2, -0.15) is 17.5 Å². The van der Waals surface area contributed by atoms with Gasteiger partial charge >= 0.3 is 6.18 Å². The number of piperazine rings is 1. The maximum atomic E-state index is 13.0. The predicted molar refractivity (Wildman–Crippen MR) is 115 cm³/mol. The third kappa shape index (κ3) is 5.66. The van der Waals surface area contributed by atoms with E-state index >= 15 is 0 Å². The number of amides is 1. The van der Waals surface area contributed by atoms with Gasteiger partial charge in [-0.25, -0.2) is 8.42 Å². The summed E-state index contributed by atoms with van der Waals surface area (Å²) in [5.74, 6) is 0.352. The Balaban J connectivity index is 1.62. The summed E-state index contributed by atoms with van der Waals surface area (Å²) in [4.78, 5) is 14.0. The number of alkyl halides is 3. The zero-order valence-electron chi connectivity index (χ0n) is 18.0. The van der Waals surface area contributed by atoms with Crippen LogP contribution >= 0.6 is 0 Å². The molecule has 0 aliphatic carbocycles. The Labute approximate surface area is 190 Å². The van der Waals surface area contributed by atoms with Crippen LogP contribution in [0.1, 0.15) is 11.1 Å². The van der Waals surface area contributed by atoms with E-state index in [2.05, 4.69) is 0 Å². The average Bonchev–Trinajstić information content (AvgIpc) is 2.81. The quantitative estimate of drug-likeness (QED) is 0.589. The second-order valence-electron chi connectivity index (χ2n) is 7.20. The molecule has 1 fully saturated rings. The standard InChI is InChI=1S/C22H23F3N2O5S/c1-31-19-9-8-18(15-20(19)32-2)33(29,30)27-13-11-26(12-14-27)21(28)10-5-16-3-6-17(7-4-16)22(23,24)25/h3-10,15H,11-14H2,1-2H3/b10-5+. The van der Waals surface area contributed by atoms with E-state index in [1.54, 1.807) is 0 Å². The molecular formula is C22H23F3N2O5S. The van der Waals surface area contributed by atoms with Gasteiger partial charge in [0.15, 0.2) is 11.5 Å². The van der Waals surface area contributed by atoms with Crippen molar-refractivity contribution in [3.63, 3.8) is 0 Å². The summed E-state index contributed by atoms with van der Waals surface area (Å²) < 4.78 is 75.4. The molecule has 0 aromatic heterocycles. The van der Waals surface area contributed by atoms with Gasteiger partial charge in [0.05, 0.1) is 24.7 Å². The lowest BCUT2D eigenvalue weighted by molar-refractivity contribution is -0.137. The second-order valence-corrected chi connectivity index (χ2v) is 9.14. The Bertz CT molecular complexity index is 1120. The van der Waals surface area contributed by atoms with Crippen molar-refractivity contribution >= 4 is 22.0 Å². The molecule has 178 valence electrons. The zero-order chi connectivity index (χ0) is 24.2. The topological polar surface area (TPSA) is 76.2 Å². The van der Waals surface area contributed by atoms with Crippen molar-refractivity contribution in [2.45, 2.75) is 11.1 Å². The normalized spacial score (nSPS) is 15.6. The number of rotatable bonds is 6. The third-order valence-corrected chi connectivity index (χ3v) is 7.09. The molecular weight excluding hydrogens is 461 g/mol. The largest absolute Gasteiger partial charge is 0.493 e. The lowest BCUT2D eigenvalue weighted by Crippen LogP contribution is -2.50. The minimum Gasteiger partial charge on any atom is -0.493 e. The molecule has 0 unspecified atom stereocenters. The first-order valence-corrected chi connectivity index (χ1v) is 11.4. The molecule has 3 rings (SSSR count). The highest BCUT2D eigenvalue weighted by molar-refractivity contribution is 7.89. The highest BCUT2D eigenvalue weighted by Gasteiger charge is 2.31. The molecule has 0 atom stereocenters. The molecule has 1 saturated heterocycles. The lowest BCUT2D eigenvalue weighted by Gasteiger charge is -2.33. The number of methoxy groups -OCH3 is 2. The molecule has 0 saturated carbocycles. The van der Waals surface area contributed by atoms with Crippen LogP contribution in [0, 0.1) is 0 Å². The molecule has 2 aromatic carbocycles. The fraction of sp³-hybridized carbons (Fsp3) is 0.318. The van der Waals surface area contributed by atoms with Gasteiger partial charge in [-0.3, -0.25) is 4.79 Å². The van der Waals surface area contributed by atoms with Gasteiger partial charge in [0, 0.05) is 38.3 Å². The molecule has 2 aromatic rings. The Morgan fingerprint density at radius 2 is 1.55 bits per heavy atom. The fourth-order valence-electron chi connectivity index (χ4n) is 3.33. The molecule has 1 aliphatic rings. The van der Waals surface area contributed by atoms with E-state index in [4.69, 9.17) is 9.47 Å². The molecule has 0 N–H and O–H groups in total. The Hall–Kier alpha value is -3.05. The number of halogens is 3. The summed E-state index contributed by atoms with van der Waals surface area (Å²) in [6.45, 7) is 0.582. The smallest absolute Gasteiger partial charge is 0.416 e. The molecule has 33 heavy (non-hydrogen) atoms. The first kappa shape index (κ1) is 24.6. The van der Waals surface area contributed by atoms with E-state index in [9.17, 15) is 26.4 Å². The summed E-state index contributed by atoms with van der Waals surface area (Å²) in [5.41, 5.74) is -0.316. The van der Waals surface area contributed by atoms with Crippen molar-refractivity contribution in [1.29, 1.82) is 0 Å². The summed E-state index contributed by atoms with van der Waals surface area (Å²) in [6, 6.07) is 8.78. The van der Waals surface area contributed by atoms with Crippen LogP contribution in [0.3, 0.4) is 0 Å². The van der Waals surface area contributed by atoms with Crippen LogP contribution in [-0.4, -0.2) is 63.9 Å². The van der Waals surface area contributed by atoms with Crippen molar-refractivity contribution in [3.05, 3.63) is 59.7 Å². The number of hydrogen-bond acceptors (Lipinski definition) is 5. The van der Waals surface area contributed by atoms with Crippen LogP contribution in [-0.2, 0) is 21.0 Å². The number of benzene rings is 2. The van der Waals surface area contributed by atoms with Gasteiger partial charge in [-0.15, -0.1) is 0 Å². The van der Waals surface area contributed by atoms with Gasteiger partial charge in [0.25, 0.3) is 0 Å². The number of hydrogen-bond donors (Lipinski definition) is 0. The molecule has 1 amide bonds. The van der Waals surface area contributed by atoms with Crippen LogP contribution in [0.5, 0.6) is 11.5 Å². The molecule has 0 spiro atoms. The predicted octanol–water partition coefficient (Wildman–Crippen LogP) is 3.27. The average molecular weight is 484 g/mol. The van der Waals surface area contributed by atoms with E-state index in [1.165, 1.54) is 65.9 Å². The summed E-state index contributed by atoms with van der Waals surface area (Å²) in [6.07, 6.45) is -1.73. The summed E-state index contributed by atoms with van der Waals surface area (Å²) >= 11 is 0. The second kappa shape index (κ2) is 9.84.